The van der Waals surface area contributed by atoms with E-state index in [0.717, 1.165) is 0 Å². The molecule has 10 heteroatoms. The Balaban J connectivity index is 1.74. The Labute approximate surface area is 209 Å². The average molecular weight is 496 g/mol. The van der Waals surface area contributed by atoms with Crippen LogP contribution in [0.15, 0.2) is 48.3 Å². The molecule has 0 saturated carbocycles. The number of piperidine rings is 1. The predicted molar refractivity (Wildman–Crippen MR) is 130 cm³/mol. The van der Waals surface area contributed by atoms with Crippen molar-refractivity contribution in [2.24, 2.45) is 0 Å². The van der Waals surface area contributed by atoms with Crippen LogP contribution in [0.3, 0.4) is 0 Å². The van der Waals surface area contributed by atoms with Gasteiger partial charge in [-0.15, -0.1) is 0 Å². The Kier molecular flexibility index (Phi) is 7.42. The first kappa shape index (κ1) is 25.0. The number of aromatic nitrogens is 1. The fraction of sp³-hybridized carbons (Fsp3) is 0.385. The maximum Gasteiger partial charge on any atom is 0.409 e. The number of aliphatic hydroxyl groups excluding tert-OH is 1. The molecule has 1 aromatic carbocycles. The molecule has 2 fully saturated rings. The molecule has 36 heavy (non-hydrogen) atoms. The zero-order valence-corrected chi connectivity index (χ0v) is 20.5. The number of carbonyl (C=O) groups is 3. The zero-order chi connectivity index (χ0) is 25.8. The monoisotopic (exact) mass is 495 g/mol. The number of carbonyl (C=O) groups excluding carboxylic acids is 3. The minimum Gasteiger partial charge on any atom is -0.507 e. The van der Waals surface area contributed by atoms with Gasteiger partial charge in [0.25, 0.3) is 11.7 Å². The highest BCUT2D eigenvalue weighted by Crippen LogP contribution is 2.42. The molecule has 2 aliphatic rings. The first-order chi connectivity index (χ1) is 17.4. The first-order valence-corrected chi connectivity index (χ1v) is 11.7. The van der Waals surface area contributed by atoms with Gasteiger partial charge in [-0.2, -0.15) is 0 Å². The molecular formula is C26H29N3O7. The van der Waals surface area contributed by atoms with Gasteiger partial charge in [-0.3, -0.25) is 14.6 Å². The molecule has 190 valence electrons. The van der Waals surface area contributed by atoms with Crippen molar-refractivity contribution in [3.8, 4) is 11.5 Å². The van der Waals surface area contributed by atoms with E-state index in [1.165, 1.54) is 19.1 Å². The standard InChI is InChI=1S/C26H29N3O7/c1-4-36-26(33)28-12-9-18(10-13-28)29-22(17-6-5-11-27-15-17)21(24(31)25(29)32)23(30)16-7-8-19(34-2)20(14-16)35-3/h5-8,11,14-15,18,22,30H,4,9-10,12-13H2,1-3H3/b23-21+. The second-order valence-electron chi connectivity index (χ2n) is 8.48. The van der Waals surface area contributed by atoms with Gasteiger partial charge in [0.15, 0.2) is 11.5 Å². The Morgan fingerprint density at radius 1 is 1.11 bits per heavy atom. The molecule has 10 nitrogen and oxygen atoms in total. The maximum absolute atomic E-state index is 13.3. The molecule has 2 aromatic rings. The van der Waals surface area contributed by atoms with Crippen LogP contribution in [-0.2, 0) is 14.3 Å². The maximum atomic E-state index is 13.3. The number of Topliss-reactive ketones (excluding diaryl/α,β-unsaturated/α-hetero) is 1. The first-order valence-electron chi connectivity index (χ1n) is 11.7. The minimum atomic E-state index is -0.828. The van der Waals surface area contributed by atoms with Gasteiger partial charge in [0.1, 0.15) is 5.76 Å². The molecule has 0 radical (unpaired) electrons. The highest BCUT2D eigenvalue weighted by molar-refractivity contribution is 6.46. The third kappa shape index (κ3) is 4.58. The average Bonchev–Trinajstić information content (AvgIpc) is 3.18. The fourth-order valence-corrected chi connectivity index (χ4v) is 4.77. The number of benzene rings is 1. The number of hydrogen-bond donors (Lipinski definition) is 1. The van der Waals surface area contributed by atoms with E-state index in [4.69, 9.17) is 14.2 Å². The fourth-order valence-electron chi connectivity index (χ4n) is 4.77. The Bertz CT molecular complexity index is 1170. The van der Waals surface area contributed by atoms with Crippen LogP contribution in [0.25, 0.3) is 5.76 Å². The number of hydrogen-bond acceptors (Lipinski definition) is 8. The van der Waals surface area contributed by atoms with Crippen LogP contribution in [-0.4, -0.2) is 77.6 Å². The van der Waals surface area contributed by atoms with Crippen molar-refractivity contribution in [2.45, 2.75) is 31.8 Å². The summed E-state index contributed by atoms with van der Waals surface area (Å²) in [6.07, 6.45) is 3.73. The van der Waals surface area contributed by atoms with Gasteiger partial charge in [-0.25, -0.2) is 4.79 Å². The molecule has 2 saturated heterocycles. The third-order valence-corrected chi connectivity index (χ3v) is 6.52. The molecule has 0 bridgehead atoms. The summed E-state index contributed by atoms with van der Waals surface area (Å²) < 4.78 is 15.7. The van der Waals surface area contributed by atoms with Crippen LogP contribution in [0, 0.1) is 0 Å². The lowest BCUT2D eigenvalue weighted by atomic mass is 9.94. The summed E-state index contributed by atoms with van der Waals surface area (Å²) in [7, 11) is 2.97. The number of aliphatic hydroxyl groups is 1. The lowest BCUT2D eigenvalue weighted by Gasteiger charge is -2.38. The van der Waals surface area contributed by atoms with Crippen LogP contribution < -0.4 is 9.47 Å². The van der Waals surface area contributed by atoms with Gasteiger partial charge in [-0.1, -0.05) is 6.07 Å². The normalized spacial score (nSPS) is 19.9. The predicted octanol–water partition coefficient (Wildman–Crippen LogP) is 3.14. The third-order valence-electron chi connectivity index (χ3n) is 6.52. The molecule has 3 heterocycles. The number of likely N-dealkylation sites (tertiary alicyclic amines) is 2. The number of nitrogens with zero attached hydrogens (tertiary/aromatic N) is 3. The molecule has 2 aliphatic heterocycles. The highest BCUT2D eigenvalue weighted by atomic mass is 16.6. The number of amides is 2. The summed E-state index contributed by atoms with van der Waals surface area (Å²) in [4.78, 5) is 46.1. The van der Waals surface area contributed by atoms with E-state index in [2.05, 4.69) is 4.98 Å². The van der Waals surface area contributed by atoms with Gasteiger partial charge >= 0.3 is 6.09 Å². The molecule has 1 aromatic heterocycles. The number of rotatable bonds is 6. The molecule has 2 amide bonds. The SMILES string of the molecule is CCOC(=O)N1CCC(N2C(=O)C(=O)/C(=C(/O)c3ccc(OC)c(OC)c3)C2c2cccnc2)CC1. The Morgan fingerprint density at radius 3 is 2.44 bits per heavy atom. The van der Waals surface area contributed by atoms with Crippen molar-refractivity contribution in [3.63, 3.8) is 0 Å². The number of ether oxygens (including phenoxy) is 3. The topological polar surface area (TPSA) is 119 Å². The second-order valence-corrected chi connectivity index (χ2v) is 8.48. The van der Waals surface area contributed by atoms with Crippen LogP contribution in [0.4, 0.5) is 4.79 Å². The number of pyridine rings is 1. The van der Waals surface area contributed by atoms with Crippen molar-refractivity contribution < 1.29 is 33.7 Å². The number of ketones is 1. The summed E-state index contributed by atoms with van der Waals surface area (Å²) in [6.45, 7) is 2.81. The van der Waals surface area contributed by atoms with Crippen LogP contribution in [0.1, 0.15) is 36.9 Å². The van der Waals surface area contributed by atoms with E-state index in [1.807, 2.05) is 0 Å². The van der Waals surface area contributed by atoms with Gasteiger partial charge < -0.3 is 29.1 Å². The highest BCUT2D eigenvalue weighted by Gasteiger charge is 2.49. The summed E-state index contributed by atoms with van der Waals surface area (Å²) in [5, 5.41) is 11.3. The molecule has 1 atom stereocenters. The van der Waals surface area contributed by atoms with E-state index in [1.54, 1.807) is 54.5 Å². The van der Waals surface area contributed by atoms with Gasteiger partial charge in [-0.05, 0) is 49.6 Å². The lowest BCUT2D eigenvalue weighted by Crippen LogP contribution is -2.48. The molecule has 0 spiro atoms. The van der Waals surface area contributed by atoms with E-state index in [0.29, 0.717) is 48.6 Å². The summed E-state index contributed by atoms with van der Waals surface area (Å²) in [5.74, 6) is -0.939. The quantitative estimate of drug-likeness (QED) is 0.369. The molecular weight excluding hydrogens is 466 g/mol. The Morgan fingerprint density at radius 2 is 1.83 bits per heavy atom. The van der Waals surface area contributed by atoms with Gasteiger partial charge in [0, 0.05) is 37.1 Å². The molecule has 1 N–H and O–H groups in total. The van der Waals surface area contributed by atoms with Crippen molar-refractivity contribution >= 4 is 23.5 Å². The second kappa shape index (κ2) is 10.7. The summed E-state index contributed by atoms with van der Waals surface area (Å²) >= 11 is 0. The van der Waals surface area contributed by atoms with Crippen LogP contribution >= 0.6 is 0 Å². The zero-order valence-electron chi connectivity index (χ0n) is 20.5. The molecule has 1 unspecified atom stereocenters. The van der Waals surface area contributed by atoms with Crippen molar-refractivity contribution in [3.05, 3.63) is 59.4 Å². The van der Waals surface area contributed by atoms with Crippen molar-refractivity contribution in [2.75, 3.05) is 33.9 Å². The smallest absolute Gasteiger partial charge is 0.409 e. The van der Waals surface area contributed by atoms with Crippen LogP contribution in [0.2, 0.25) is 0 Å². The van der Waals surface area contributed by atoms with E-state index in [-0.39, 0.29) is 24.0 Å². The molecule has 4 rings (SSSR count). The van der Waals surface area contributed by atoms with Gasteiger partial charge in [0.05, 0.1) is 32.4 Å². The van der Waals surface area contributed by atoms with E-state index >= 15 is 0 Å². The van der Waals surface area contributed by atoms with E-state index in [9.17, 15) is 19.5 Å². The van der Waals surface area contributed by atoms with Crippen LogP contribution in [0.5, 0.6) is 11.5 Å². The van der Waals surface area contributed by atoms with Crippen molar-refractivity contribution in [1.82, 2.24) is 14.8 Å². The summed E-state index contributed by atoms with van der Waals surface area (Å²) in [5.41, 5.74) is 0.899. The number of methoxy groups -OCH3 is 2. The summed E-state index contributed by atoms with van der Waals surface area (Å²) in [6, 6.07) is 7.12. The molecule has 0 aliphatic carbocycles. The largest absolute Gasteiger partial charge is 0.507 e. The minimum absolute atomic E-state index is 0.0203. The lowest BCUT2D eigenvalue weighted by molar-refractivity contribution is -0.142. The van der Waals surface area contributed by atoms with E-state index < -0.39 is 23.8 Å². The van der Waals surface area contributed by atoms with Gasteiger partial charge in [0.2, 0.25) is 0 Å². The van der Waals surface area contributed by atoms with Crippen molar-refractivity contribution in [1.29, 1.82) is 0 Å². The Hall–Kier alpha value is -4.08.